The molecule has 9 heteroatoms. The summed E-state index contributed by atoms with van der Waals surface area (Å²) in [5.74, 6) is -1.32. The van der Waals surface area contributed by atoms with E-state index in [1.165, 1.54) is 9.80 Å². The summed E-state index contributed by atoms with van der Waals surface area (Å²) in [6.07, 6.45) is 1.27. The van der Waals surface area contributed by atoms with Crippen molar-refractivity contribution in [1.29, 1.82) is 0 Å². The fourth-order valence-electron chi connectivity index (χ4n) is 4.82. The lowest BCUT2D eigenvalue weighted by Gasteiger charge is -2.33. The van der Waals surface area contributed by atoms with Crippen LogP contribution in [0.1, 0.15) is 65.0 Å². The van der Waals surface area contributed by atoms with Crippen LogP contribution in [0.5, 0.6) is 0 Å². The first kappa shape index (κ1) is 30.3. The number of carbonyl (C=O) groups is 4. The Kier molecular flexibility index (Phi) is 10.2. The molecule has 1 aliphatic rings. The Labute approximate surface area is 250 Å². The molecule has 0 saturated heterocycles. The first-order valence-corrected chi connectivity index (χ1v) is 14.5. The highest BCUT2D eigenvalue weighted by atomic mass is 35.5. The summed E-state index contributed by atoms with van der Waals surface area (Å²) in [4.78, 5) is 55.8. The SMILES string of the molecule is CCC(C)NC(=O)C(Cc1ccccc1)N(Cc1c(Cl)cccc1Cl)C(=O)CCCN1C(=O)c2ccccc2C1=O. The molecule has 4 amide bonds. The van der Waals surface area contributed by atoms with Crippen molar-refractivity contribution in [2.45, 2.75) is 58.2 Å². The van der Waals surface area contributed by atoms with Gasteiger partial charge in [0.1, 0.15) is 6.04 Å². The average molecular weight is 595 g/mol. The van der Waals surface area contributed by atoms with Crippen LogP contribution in [0.3, 0.4) is 0 Å². The first-order valence-electron chi connectivity index (χ1n) is 13.7. The van der Waals surface area contributed by atoms with Gasteiger partial charge in [-0.1, -0.05) is 78.7 Å². The van der Waals surface area contributed by atoms with Gasteiger partial charge in [-0.25, -0.2) is 0 Å². The Balaban J connectivity index is 1.59. The number of hydrogen-bond donors (Lipinski definition) is 1. The molecule has 41 heavy (non-hydrogen) atoms. The molecule has 4 rings (SSSR count). The van der Waals surface area contributed by atoms with Gasteiger partial charge in [-0.05, 0) is 49.6 Å². The third-order valence-corrected chi connectivity index (χ3v) is 8.02. The molecule has 0 spiro atoms. The zero-order valence-electron chi connectivity index (χ0n) is 23.1. The summed E-state index contributed by atoms with van der Waals surface area (Å²) in [6.45, 7) is 4.00. The largest absolute Gasteiger partial charge is 0.352 e. The molecule has 214 valence electrons. The minimum absolute atomic E-state index is 0.0113. The molecule has 0 radical (unpaired) electrons. The molecule has 7 nitrogen and oxygen atoms in total. The van der Waals surface area contributed by atoms with Gasteiger partial charge in [-0.2, -0.15) is 0 Å². The van der Waals surface area contributed by atoms with Gasteiger partial charge in [-0.3, -0.25) is 24.1 Å². The number of fused-ring (bicyclic) bond motifs is 1. The molecular formula is C32H33Cl2N3O4. The van der Waals surface area contributed by atoms with Crippen LogP contribution in [0, 0.1) is 0 Å². The molecule has 0 aromatic heterocycles. The molecule has 1 aliphatic heterocycles. The minimum atomic E-state index is -0.842. The van der Waals surface area contributed by atoms with Crippen molar-refractivity contribution >= 4 is 46.8 Å². The van der Waals surface area contributed by atoms with Crippen molar-refractivity contribution in [2.24, 2.45) is 0 Å². The van der Waals surface area contributed by atoms with Gasteiger partial charge in [-0.15, -0.1) is 0 Å². The first-order chi connectivity index (χ1) is 19.7. The van der Waals surface area contributed by atoms with E-state index < -0.39 is 6.04 Å². The van der Waals surface area contributed by atoms with Crippen LogP contribution in [0.15, 0.2) is 72.8 Å². The molecule has 0 aliphatic carbocycles. The smallest absolute Gasteiger partial charge is 0.261 e. The van der Waals surface area contributed by atoms with E-state index in [9.17, 15) is 19.2 Å². The summed E-state index contributed by atoms with van der Waals surface area (Å²) in [5, 5.41) is 3.81. The Morgan fingerprint density at radius 1 is 0.878 bits per heavy atom. The Morgan fingerprint density at radius 3 is 2.05 bits per heavy atom. The maximum absolute atomic E-state index is 13.9. The van der Waals surface area contributed by atoms with Crippen LogP contribution in [0.4, 0.5) is 0 Å². The second-order valence-corrected chi connectivity index (χ2v) is 11.0. The third-order valence-electron chi connectivity index (χ3n) is 7.31. The van der Waals surface area contributed by atoms with E-state index in [0.29, 0.717) is 26.7 Å². The number of rotatable bonds is 12. The minimum Gasteiger partial charge on any atom is -0.352 e. The lowest BCUT2D eigenvalue weighted by Crippen LogP contribution is -2.52. The van der Waals surface area contributed by atoms with E-state index in [1.807, 2.05) is 44.2 Å². The summed E-state index contributed by atoms with van der Waals surface area (Å²) in [7, 11) is 0. The van der Waals surface area contributed by atoms with E-state index >= 15 is 0 Å². The van der Waals surface area contributed by atoms with Crippen LogP contribution in [0.2, 0.25) is 10.0 Å². The summed E-state index contributed by atoms with van der Waals surface area (Å²) in [6, 6.07) is 20.4. The number of carbonyl (C=O) groups excluding carboxylic acids is 4. The van der Waals surface area contributed by atoms with Gasteiger partial charge in [0.05, 0.1) is 11.1 Å². The van der Waals surface area contributed by atoms with Crippen molar-refractivity contribution in [3.63, 3.8) is 0 Å². The van der Waals surface area contributed by atoms with Crippen LogP contribution < -0.4 is 5.32 Å². The van der Waals surface area contributed by atoms with E-state index in [4.69, 9.17) is 23.2 Å². The average Bonchev–Trinajstić information content (AvgIpc) is 3.21. The van der Waals surface area contributed by atoms with Crippen LogP contribution in [0.25, 0.3) is 0 Å². The number of benzene rings is 3. The molecular weight excluding hydrogens is 561 g/mol. The van der Waals surface area contributed by atoms with Crippen molar-refractivity contribution in [3.8, 4) is 0 Å². The quantitative estimate of drug-likeness (QED) is 0.264. The molecule has 3 aromatic carbocycles. The monoisotopic (exact) mass is 593 g/mol. The fraction of sp³-hybridized carbons (Fsp3) is 0.312. The van der Waals surface area contributed by atoms with E-state index in [0.717, 1.165) is 12.0 Å². The second kappa shape index (κ2) is 13.8. The molecule has 0 fully saturated rings. The number of nitrogens with zero attached hydrogens (tertiary/aromatic N) is 2. The molecule has 0 bridgehead atoms. The molecule has 1 heterocycles. The Bertz CT molecular complexity index is 1370. The highest BCUT2D eigenvalue weighted by molar-refractivity contribution is 6.36. The van der Waals surface area contributed by atoms with Crippen molar-refractivity contribution in [2.75, 3.05) is 6.54 Å². The normalized spacial score (nSPS) is 14.0. The Morgan fingerprint density at radius 2 is 1.46 bits per heavy atom. The lowest BCUT2D eigenvalue weighted by molar-refractivity contribution is -0.141. The predicted molar refractivity (Wildman–Crippen MR) is 160 cm³/mol. The number of hydrogen-bond acceptors (Lipinski definition) is 4. The Hall–Kier alpha value is -3.68. The van der Waals surface area contributed by atoms with Crippen molar-refractivity contribution in [1.82, 2.24) is 15.1 Å². The topological polar surface area (TPSA) is 86.8 Å². The van der Waals surface area contributed by atoms with E-state index in [2.05, 4.69) is 5.32 Å². The van der Waals surface area contributed by atoms with E-state index in [1.54, 1.807) is 42.5 Å². The summed E-state index contributed by atoms with van der Waals surface area (Å²) < 4.78 is 0. The predicted octanol–water partition coefficient (Wildman–Crippen LogP) is 5.92. The van der Waals surface area contributed by atoms with Crippen LogP contribution in [-0.2, 0) is 22.6 Å². The molecule has 2 unspecified atom stereocenters. The van der Waals surface area contributed by atoms with E-state index in [-0.39, 0.29) is 62.0 Å². The number of amides is 4. The summed E-state index contributed by atoms with van der Waals surface area (Å²) >= 11 is 13.0. The molecule has 0 saturated carbocycles. The molecule has 2 atom stereocenters. The molecule has 3 aromatic rings. The van der Waals surface area contributed by atoms with Crippen LogP contribution in [-0.4, -0.2) is 52.1 Å². The summed E-state index contributed by atoms with van der Waals surface area (Å²) in [5.41, 5.74) is 2.16. The number of nitrogens with one attached hydrogen (secondary N) is 1. The zero-order chi connectivity index (χ0) is 29.5. The lowest BCUT2D eigenvalue weighted by atomic mass is 10.0. The van der Waals surface area contributed by atoms with Gasteiger partial charge in [0.15, 0.2) is 0 Å². The molecule has 1 N–H and O–H groups in total. The van der Waals surface area contributed by atoms with Gasteiger partial charge in [0.25, 0.3) is 11.8 Å². The maximum Gasteiger partial charge on any atom is 0.261 e. The highest BCUT2D eigenvalue weighted by Gasteiger charge is 2.36. The third kappa shape index (κ3) is 7.16. The van der Waals surface area contributed by atoms with Gasteiger partial charge in [0.2, 0.25) is 11.8 Å². The second-order valence-electron chi connectivity index (χ2n) is 10.2. The van der Waals surface area contributed by atoms with Gasteiger partial charge < -0.3 is 10.2 Å². The highest BCUT2D eigenvalue weighted by Crippen LogP contribution is 2.28. The van der Waals surface area contributed by atoms with Gasteiger partial charge >= 0.3 is 0 Å². The zero-order valence-corrected chi connectivity index (χ0v) is 24.6. The number of imide groups is 1. The van der Waals surface area contributed by atoms with Crippen molar-refractivity contribution < 1.29 is 19.2 Å². The standard InChI is InChI=1S/C32H33Cl2N3O4/c1-3-21(2)35-30(39)28(19-22-11-5-4-6-12-22)37(20-25-26(33)15-9-16-27(25)34)29(38)17-10-18-36-31(40)23-13-7-8-14-24(23)32(36)41/h4-9,11-16,21,28H,3,10,17-20H2,1-2H3,(H,35,39). The fourth-order valence-corrected chi connectivity index (χ4v) is 5.34. The van der Waals surface area contributed by atoms with Crippen LogP contribution >= 0.6 is 23.2 Å². The van der Waals surface area contributed by atoms with Gasteiger partial charge in [0, 0.05) is 47.6 Å². The number of halogens is 2. The van der Waals surface area contributed by atoms with Crippen molar-refractivity contribution in [3.05, 3.63) is 105 Å². The maximum atomic E-state index is 13.9.